The van der Waals surface area contributed by atoms with Gasteiger partial charge >= 0.3 is 6.03 Å². The third kappa shape index (κ3) is 3.94. The van der Waals surface area contributed by atoms with Gasteiger partial charge in [-0.05, 0) is 31.5 Å². The molecule has 4 nitrogen and oxygen atoms in total. The van der Waals surface area contributed by atoms with Crippen molar-refractivity contribution in [2.75, 3.05) is 5.32 Å². The van der Waals surface area contributed by atoms with Crippen molar-refractivity contribution < 1.29 is 4.79 Å². The summed E-state index contributed by atoms with van der Waals surface area (Å²) >= 11 is 7.32. The predicted molar refractivity (Wildman–Crippen MR) is 78.9 cm³/mol. The molecule has 0 aliphatic heterocycles. The van der Waals surface area contributed by atoms with Crippen molar-refractivity contribution in [1.82, 2.24) is 10.3 Å². The van der Waals surface area contributed by atoms with Crippen LogP contribution in [0.4, 0.5) is 9.93 Å². The first-order valence-electron chi connectivity index (χ1n) is 5.79. The highest BCUT2D eigenvalue weighted by Crippen LogP contribution is 2.18. The van der Waals surface area contributed by atoms with Gasteiger partial charge < -0.3 is 5.32 Å². The molecule has 1 atom stereocenters. The Labute approximate surface area is 120 Å². The fourth-order valence-corrected chi connectivity index (χ4v) is 2.48. The fraction of sp³-hybridized carbons (Fsp3) is 0.231. The van der Waals surface area contributed by atoms with Crippen molar-refractivity contribution in [2.24, 2.45) is 0 Å². The van der Waals surface area contributed by atoms with E-state index in [0.717, 1.165) is 11.3 Å². The molecular weight excluding hydrogens is 282 g/mol. The van der Waals surface area contributed by atoms with E-state index in [-0.39, 0.29) is 12.1 Å². The van der Waals surface area contributed by atoms with Crippen LogP contribution in [0.5, 0.6) is 0 Å². The summed E-state index contributed by atoms with van der Waals surface area (Å²) in [6, 6.07) is 7.01. The van der Waals surface area contributed by atoms with Crippen LogP contribution in [0.1, 0.15) is 24.2 Å². The Hall–Kier alpha value is -1.59. The van der Waals surface area contributed by atoms with E-state index in [4.69, 9.17) is 11.6 Å². The molecule has 0 saturated heterocycles. The molecule has 1 unspecified atom stereocenters. The highest BCUT2D eigenvalue weighted by atomic mass is 35.5. The molecule has 0 aliphatic carbocycles. The SMILES string of the molecule is Cc1csc(NC(=O)NC(C)c2cccc(Cl)c2)n1. The second-order valence-corrected chi connectivity index (χ2v) is 5.46. The number of anilines is 1. The Bertz CT molecular complexity index is 585. The van der Waals surface area contributed by atoms with Gasteiger partial charge in [0, 0.05) is 10.4 Å². The summed E-state index contributed by atoms with van der Waals surface area (Å²) in [5.74, 6) is 0. The number of carbonyl (C=O) groups is 1. The lowest BCUT2D eigenvalue weighted by atomic mass is 10.1. The lowest BCUT2D eigenvalue weighted by Crippen LogP contribution is -2.31. The van der Waals surface area contributed by atoms with Gasteiger partial charge in [-0.1, -0.05) is 23.7 Å². The van der Waals surface area contributed by atoms with Crippen LogP contribution in [-0.2, 0) is 0 Å². The second kappa shape index (κ2) is 6.04. The van der Waals surface area contributed by atoms with Gasteiger partial charge in [-0.3, -0.25) is 5.32 Å². The van der Waals surface area contributed by atoms with Crippen LogP contribution >= 0.6 is 22.9 Å². The molecule has 2 amide bonds. The Morgan fingerprint density at radius 2 is 2.26 bits per heavy atom. The fourth-order valence-electron chi connectivity index (χ4n) is 1.60. The number of thiazole rings is 1. The van der Waals surface area contributed by atoms with Crippen LogP contribution in [0.15, 0.2) is 29.6 Å². The normalized spacial score (nSPS) is 11.9. The highest BCUT2D eigenvalue weighted by molar-refractivity contribution is 7.13. The molecule has 0 aliphatic rings. The number of nitrogens with zero attached hydrogens (tertiary/aromatic N) is 1. The zero-order valence-electron chi connectivity index (χ0n) is 10.6. The molecule has 0 radical (unpaired) electrons. The van der Waals surface area contributed by atoms with Crippen LogP contribution in [0.2, 0.25) is 5.02 Å². The monoisotopic (exact) mass is 295 g/mol. The molecule has 1 aromatic carbocycles. The maximum atomic E-state index is 11.8. The average molecular weight is 296 g/mol. The summed E-state index contributed by atoms with van der Waals surface area (Å²) in [6.07, 6.45) is 0. The topological polar surface area (TPSA) is 54.0 Å². The minimum absolute atomic E-state index is 0.125. The Morgan fingerprint density at radius 1 is 1.47 bits per heavy atom. The number of halogens is 1. The van der Waals surface area contributed by atoms with Crippen LogP contribution in [0, 0.1) is 6.92 Å². The van der Waals surface area contributed by atoms with Crippen molar-refractivity contribution in [2.45, 2.75) is 19.9 Å². The van der Waals surface area contributed by atoms with E-state index < -0.39 is 0 Å². The molecule has 2 N–H and O–H groups in total. The van der Waals surface area contributed by atoms with Crippen molar-refractivity contribution in [3.05, 3.63) is 45.9 Å². The van der Waals surface area contributed by atoms with Crippen LogP contribution in [-0.4, -0.2) is 11.0 Å². The Balaban J connectivity index is 1.95. The largest absolute Gasteiger partial charge is 0.331 e. The number of amides is 2. The standard InChI is InChI=1S/C13H14ClN3OS/c1-8-7-19-13(15-8)17-12(18)16-9(2)10-4-3-5-11(14)6-10/h3-7,9H,1-2H3,(H2,15,16,17,18). The average Bonchev–Trinajstić information content (AvgIpc) is 2.74. The summed E-state index contributed by atoms with van der Waals surface area (Å²) < 4.78 is 0. The van der Waals surface area contributed by atoms with Crippen molar-refractivity contribution >= 4 is 34.1 Å². The van der Waals surface area contributed by atoms with Gasteiger partial charge in [-0.2, -0.15) is 0 Å². The first-order chi connectivity index (χ1) is 9.04. The quantitative estimate of drug-likeness (QED) is 0.899. The molecule has 100 valence electrons. The molecule has 0 spiro atoms. The maximum Gasteiger partial charge on any atom is 0.321 e. The molecule has 2 rings (SSSR count). The summed E-state index contributed by atoms with van der Waals surface area (Å²) in [7, 11) is 0. The molecule has 1 aromatic heterocycles. The lowest BCUT2D eigenvalue weighted by molar-refractivity contribution is 0.249. The van der Waals surface area contributed by atoms with Crippen molar-refractivity contribution in [3.8, 4) is 0 Å². The molecular formula is C13H14ClN3OS. The zero-order valence-corrected chi connectivity index (χ0v) is 12.2. The Morgan fingerprint density at radius 3 is 2.89 bits per heavy atom. The number of hydrogen-bond acceptors (Lipinski definition) is 3. The molecule has 19 heavy (non-hydrogen) atoms. The van der Waals surface area contributed by atoms with Gasteiger partial charge in [-0.15, -0.1) is 11.3 Å². The molecule has 0 fully saturated rings. The summed E-state index contributed by atoms with van der Waals surface area (Å²) in [4.78, 5) is 16.0. The van der Waals surface area contributed by atoms with E-state index in [1.807, 2.05) is 37.4 Å². The van der Waals surface area contributed by atoms with E-state index in [2.05, 4.69) is 15.6 Å². The van der Waals surface area contributed by atoms with Crippen LogP contribution < -0.4 is 10.6 Å². The number of benzene rings is 1. The van der Waals surface area contributed by atoms with Crippen molar-refractivity contribution in [1.29, 1.82) is 0 Å². The summed E-state index contributed by atoms with van der Waals surface area (Å²) in [6.45, 7) is 3.78. The minimum atomic E-state index is -0.276. The molecule has 2 aromatic rings. The number of nitrogens with one attached hydrogen (secondary N) is 2. The molecule has 0 saturated carbocycles. The lowest BCUT2D eigenvalue weighted by Gasteiger charge is -2.14. The minimum Gasteiger partial charge on any atom is -0.331 e. The van der Waals surface area contributed by atoms with E-state index in [9.17, 15) is 4.79 Å². The van der Waals surface area contributed by atoms with Gasteiger partial charge in [0.1, 0.15) is 0 Å². The van der Waals surface area contributed by atoms with Gasteiger partial charge in [0.05, 0.1) is 11.7 Å². The first kappa shape index (κ1) is 13.8. The Kier molecular flexibility index (Phi) is 4.39. The number of rotatable bonds is 3. The highest BCUT2D eigenvalue weighted by Gasteiger charge is 2.11. The van der Waals surface area contributed by atoms with E-state index in [1.54, 1.807) is 6.07 Å². The van der Waals surface area contributed by atoms with Gasteiger partial charge in [-0.25, -0.2) is 9.78 Å². The third-order valence-electron chi connectivity index (χ3n) is 2.54. The van der Waals surface area contributed by atoms with E-state index in [1.165, 1.54) is 11.3 Å². The van der Waals surface area contributed by atoms with Crippen LogP contribution in [0.25, 0.3) is 0 Å². The van der Waals surface area contributed by atoms with Gasteiger partial charge in [0.2, 0.25) is 0 Å². The first-order valence-corrected chi connectivity index (χ1v) is 7.05. The van der Waals surface area contributed by atoms with Crippen LogP contribution in [0.3, 0.4) is 0 Å². The number of carbonyl (C=O) groups excluding carboxylic acids is 1. The number of aromatic nitrogens is 1. The smallest absolute Gasteiger partial charge is 0.321 e. The van der Waals surface area contributed by atoms with Crippen molar-refractivity contribution in [3.63, 3.8) is 0 Å². The number of urea groups is 1. The predicted octanol–water partition coefficient (Wildman–Crippen LogP) is 3.99. The number of aryl methyl sites for hydroxylation is 1. The molecule has 6 heteroatoms. The molecule has 0 bridgehead atoms. The zero-order chi connectivity index (χ0) is 13.8. The molecule has 1 heterocycles. The maximum absolute atomic E-state index is 11.8. The summed E-state index contributed by atoms with van der Waals surface area (Å²) in [5, 5.41) is 8.67. The van der Waals surface area contributed by atoms with Gasteiger partial charge in [0.15, 0.2) is 5.13 Å². The van der Waals surface area contributed by atoms with E-state index in [0.29, 0.717) is 10.2 Å². The summed E-state index contributed by atoms with van der Waals surface area (Å²) in [5.41, 5.74) is 1.85. The third-order valence-corrected chi connectivity index (χ3v) is 3.65. The van der Waals surface area contributed by atoms with E-state index >= 15 is 0 Å². The second-order valence-electron chi connectivity index (χ2n) is 4.17. The van der Waals surface area contributed by atoms with Gasteiger partial charge in [0.25, 0.3) is 0 Å². The number of hydrogen-bond donors (Lipinski definition) is 2.